The minimum absolute atomic E-state index is 0.528. The quantitative estimate of drug-likeness (QED) is 0.320. The first-order valence-electron chi connectivity index (χ1n) is 8.08. The first kappa shape index (κ1) is 18.4. The summed E-state index contributed by atoms with van der Waals surface area (Å²) in [4.78, 5) is 1.37. The molecule has 1 aromatic carbocycles. The fourth-order valence-electron chi connectivity index (χ4n) is 2.45. The predicted octanol–water partition coefficient (Wildman–Crippen LogP) is 6.37. The summed E-state index contributed by atoms with van der Waals surface area (Å²) in [5.74, 6) is 2.30. The van der Waals surface area contributed by atoms with Gasteiger partial charge in [-0.3, -0.25) is 4.57 Å². The molecule has 0 bridgehead atoms. The molecule has 0 fully saturated rings. The number of nitrogens with zero attached hydrogens (tertiary/aromatic N) is 3. The maximum Gasteiger partial charge on any atom is 0.192 e. The highest BCUT2D eigenvalue weighted by molar-refractivity contribution is 9.10. The Morgan fingerprint density at radius 1 is 1.32 bits per heavy atom. The highest BCUT2D eigenvalue weighted by Crippen LogP contribution is 2.32. The summed E-state index contributed by atoms with van der Waals surface area (Å²) in [5.41, 5.74) is 2.39. The van der Waals surface area contributed by atoms with Crippen LogP contribution in [0.4, 0.5) is 0 Å². The zero-order valence-corrected chi connectivity index (χ0v) is 17.5. The summed E-state index contributed by atoms with van der Waals surface area (Å²) in [5, 5.41) is 12.0. The van der Waals surface area contributed by atoms with Gasteiger partial charge in [-0.15, -0.1) is 28.1 Å². The van der Waals surface area contributed by atoms with Gasteiger partial charge in [0.2, 0.25) is 0 Å². The van der Waals surface area contributed by atoms with Crippen LogP contribution < -0.4 is 0 Å². The molecule has 0 unspecified atom stereocenters. The molecule has 0 atom stereocenters. The van der Waals surface area contributed by atoms with E-state index in [0.29, 0.717) is 12.5 Å². The van der Waals surface area contributed by atoms with Crippen LogP contribution in [-0.4, -0.2) is 14.8 Å². The molecule has 130 valence electrons. The fraction of sp³-hybridized carbons (Fsp3) is 0.263. The largest absolute Gasteiger partial charge is 0.298 e. The van der Waals surface area contributed by atoms with Crippen molar-refractivity contribution in [2.24, 2.45) is 0 Å². The number of benzene rings is 1. The molecule has 2 aromatic heterocycles. The van der Waals surface area contributed by atoms with Gasteiger partial charge in [-0.2, -0.15) is 0 Å². The Kier molecular flexibility index (Phi) is 6.15. The number of thiophene rings is 1. The van der Waals surface area contributed by atoms with Crippen molar-refractivity contribution in [1.82, 2.24) is 14.8 Å². The van der Waals surface area contributed by atoms with Crippen LogP contribution in [0, 0.1) is 0 Å². The minimum Gasteiger partial charge on any atom is -0.298 e. The second-order valence-electron chi connectivity index (χ2n) is 6.02. The number of rotatable bonds is 7. The van der Waals surface area contributed by atoms with Crippen LogP contribution in [0.25, 0.3) is 11.4 Å². The van der Waals surface area contributed by atoms with Crippen LogP contribution in [0.2, 0.25) is 0 Å². The zero-order chi connectivity index (χ0) is 17.8. The van der Waals surface area contributed by atoms with E-state index in [1.807, 2.05) is 12.1 Å². The van der Waals surface area contributed by atoms with E-state index in [-0.39, 0.29) is 0 Å². The topological polar surface area (TPSA) is 30.7 Å². The molecule has 0 radical (unpaired) electrons. The number of hydrogen-bond donors (Lipinski definition) is 0. The molecule has 0 aliphatic heterocycles. The molecular formula is C19H20BrN3S2. The van der Waals surface area contributed by atoms with Crippen LogP contribution in [0.15, 0.2) is 58.0 Å². The van der Waals surface area contributed by atoms with Crippen molar-refractivity contribution < 1.29 is 0 Å². The van der Waals surface area contributed by atoms with Gasteiger partial charge in [-0.05, 0) is 29.7 Å². The van der Waals surface area contributed by atoms with Crippen molar-refractivity contribution in [3.63, 3.8) is 0 Å². The van der Waals surface area contributed by atoms with E-state index in [4.69, 9.17) is 0 Å². The molecule has 0 aliphatic rings. The predicted molar refractivity (Wildman–Crippen MR) is 111 cm³/mol. The van der Waals surface area contributed by atoms with Crippen molar-refractivity contribution >= 4 is 39.0 Å². The van der Waals surface area contributed by atoms with E-state index in [1.54, 1.807) is 23.1 Å². The van der Waals surface area contributed by atoms with E-state index >= 15 is 0 Å². The van der Waals surface area contributed by atoms with Gasteiger partial charge in [0, 0.05) is 32.6 Å². The third-order valence-corrected chi connectivity index (χ3v) is 6.50. The van der Waals surface area contributed by atoms with Crippen LogP contribution >= 0.6 is 39.0 Å². The lowest BCUT2D eigenvalue weighted by Gasteiger charge is -2.07. The summed E-state index contributed by atoms with van der Waals surface area (Å²) in [6.45, 7) is 9.01. The molecule has 0 N–H and O–H groups in total. The molecular weight excluding hydrogens is 414 g/mol. The summed E-state index contributed by atoms with van der Waals surface area (Å²) in [6.07, 6.45) is 1.89. The summed E-state index contributed by atoms with van der Waals surface area (Å²) >= 11 is 7.00. The van der Waals surface area contributed by atoms with Gasteiger partial charge in [-0.25, -0.2) is 0 Å². The van der Waals surface area contributed by atoms with E-state index in [2.05, 4.69) is 80.8 Å². The summed E-state index contributed by atoms with van der Waals surface area (Å²) in [7, 11) is 0. The molecule has 25 heavy (non-hydrogen) atoms. The summed E-state index contributed by atoms with van der Waals surface area (Å²) in [6, 6.07) is 10.6. The number of halogens is 1. The molecule has 0 saturated heterocycles. The lowest BCUT2D eigenvalue weighted by Crippen LogP contribution is -2.00. The molecule has 0 saturated carbocycles. The van der Waals surface area contributed by atoms with Crippen molar-refractivity contribution in [2.45, 2.75) is 37.2 Å². The third-order valence-electron chi connectivity index (χ3n) is 3.73. The molecule has 2 heterocycles. The van der Waals surface area contributed by atoms with Crippen molar-refractivity contribution in [3.05, 3.63) is 63.3 Å². The van der Waals surface area contributed by atoms with Gasteiger partial charge in [0.25, 0.3) is 0 Å². The Hall–Kier alpha value is -1.37. The van der Waals surface area contributed by atoms with E-state index < -0.39 is 0 Å². The van der Waals surface area contributed by atoms with Crippen molar-refractivity contribution in [1.29, 1.82) is 0 Å². The standard InChI is InChI=1S/C19H20BrN3S2/c1-4-8-23-18(15-10-17(13(2)3)24-12-15)21-22-19(23)25-11-14-6-5-7-16(20)9-14/h4-7,9-10,12-13H,1,8,11H2,2-3H3. The Balaban J connectivity index is 1.84. The Labute approximate surface area is 165 Å². The smallest absolute Gasteiger partial charge is 0.192 e. The SMILES string of the molecule is C=CCn1c(SCc2cccc(Br)c2)nnc1-c1csc(C(C)C)c1. The average molecular weight is 434 g/mol. The number of hydrogen-bond acceptors (Lipinski definition) is 4. The van der Waals surface area contributed by atoms with Crippen LogP contribution in [0.3, 0.4) is 0 Å². The maximum atomic E-state index is 4.45. The Morgan fingerprint density at radius 2 is 2.16 bits per heavy atom. The Morgan fingerprint density at radius 3 is 2.84 bits per heavy atom. The first-order valence-corrected chi connectivity index (χ1v) is 10.7. The van der Waals surface area contributed by atoms with Gasteiger partial charge in [0.05, 0.1) is 0 Å². The number of aromatic nitrogens is 3. The number of allylic oxidation sites excluding steroid dienone is 1. The molecule has 3 aromatic rings. The molecule has 0 spiro atoms. The monoisotopic (exact) mass is 433 g/mol. The van der Waals surface area contributed by atoms with Gasteiger partial charge in [0.1, 0.15) is 0 Å². The van der Waals surface area contributed by atoms with E-state index in [9.17, 15) is 0 Å². The third kappa shape index (κ3) is 4.43. The molecule has 0 aliphatic carbocycles. The fourth-order valence-corrected chi connectivity index (χ4v) is 4.69. The van der Waals surface area contributed by atoms with E-state index in [1.165, 1.54) is 10.4 Å². The lowest BCUT2D eigenvalue weighted by atomic mass is 10.1. The van der Waals surface area contributed by atoms with E-state index in [0.717, 1.165) is 26.8 Å². The highest BCUT2D eigenvalue weighted by Gasteiger charge is 2.16. The highest BCUT2D eigenvalue weighted by atomic mass is 79.9. The van der Waals surface area contributed by atoms with Crippen LogP contribution in [-0.2, 0) is 12.3 Å². The first-order chi connectivity index (χ1) is 12.1. The second kappa shape index (κ2) is 8.34. The molecule has 3 nitrogen and oxygen atoms in total. The van der Waals surface area contributed by atoms with Gasteiger partial charge >= 0.3 is 0 Å². The molecule has 6 heteroatoms. The van der Waals surface area contributed by atoms with Gasteiger partial charge in [0.15, 0.2) is 11.0 Å². The Bertz CT molecular complexity index is 867. The lowest BCUT2D eigenvalue weighted by molar-refractivity contribution is 0.731. The normalized spacial score (nSPS) is 11.2. The number of thioether (sulfide) groups is 1. The van der Waals surface area contributed by atoms with Crippen LogP contribution in [0.5, 0.6) is 0 Å². The zero-order valence-electron chi connectivity index (χ0n) is 14.3. The van der Waals surface area contributed by atoms with Gasteiger partial charge < -0.3 is 0 Å². The van der Waals surface area contributed by atoms with Crippen molar-refractivity contribution in [3.8, 4) is 11.4 Å². The van der Waals surface area contributed by atoms with Crippen LogP contribution in [0.1, 0.15) is 30.2 Å². The average Bonchev–Trinajstić information content (AvgIpc) is 3.20. The maximum absolute atomic E-state index is 4.45. The molecule has 3 rings (SSSR count). The minimum atomic E-state index is 0.528. The second-order valence-corrected chi connectivity index (χ2v) is 8.82. The van der Waals surface area contributed by atoms with Gasteiger partial charge in [-0.1, -0.05) is 59.7 Å². The van der Waals surface area contributed by atoms with Crippen molar-refractivity contribution in [2.75, 3.05) is 0 Å². The molecule has 0 amide bonds. The summed E-state index contributed by atoms with van der Waals surface area (Å²) < 4.78 is 3.24.